The molecule has 1 saturated heterocycles. The van der Waals surface area contributed by atoms with Gasteiger partial charge in [0, 0.05) is 36.5 Å². The summed E-state index contributed by atoms with van der Waals surface area (Å²) in [6.45, 7) is 3.58. The number of amides is 3. The second-order valence-corrected chi connectivity index (χ2v) is 10.1. The lowest BCUT2D eigenvalue weighted by Crippen LogP contribution is -2.45. The quantitative estimate of drug-likeness (QED) is 0.276. The van der Waals surface area contributed by atoms with Gasteiger partial charge in [-0.1, -0.05) is 48.5 Å². The Morgan fingerprint density at radius 1 is 1.14 bits per heavy atom. The van der Waals surface area contributed by atoms with Crippen LogP contribution >= 0.6 is 0 Å². The molecule has 4 N–H and O–H groups in total. The fourth-order valence-electron chi connectivity index (χ4n) is 4.61. The lowest BCUT2D eigenvalue weighted by molar-refractivity contribution is -0.126. The van der Waals surface area contributed by atoms with Gasteiger partial charge in [-0.15, -0.1) is 0 Å². The van der Waals surface area contributed by atoms with E-state index in [4.69, 9.17) is 5.73 Å². The molecule has 37 heavy (non-hydrogen) atoms. The highest BCUT2D eigenvalue weighted by Crippen LogP contribution is 2.31. The number of rotatable bonds is 12. The van der Waals surface area contributed by atoms with E-state index in [1.165, 1.54) is 22.4 Å². The topological polar surface area (TPSA) is 148 Å². The fraction of sp³-hybridized carbons (Fsp3) is 0.423. The van der Waals surface area contributed by atoms with Crippen molar-refractivity contribution in [2.75, 3.05) is 39.3 Å². The molecule has 11 heteroatoms. The average molecular weight is 529 g/mol. The highest BCUT2D eigenvalue weighted by Gasteiger charge is 2.26. The molecule has 0 saturated carbocycles. The zero-order valence-corrected chi connectivity index (χ0v) is 21.7. The predicted molar refractivity (Wildman–Crippen MR) is 142 cm³/mol. The van der Waals surface area contributed by atoms with Crippen molar-refractivity contribution in [1.29, 1.82) is 0 Å². The van der Waals surface area contributed by atoms with Crippen LogP contribution in [0.3, 0.4) is 0 Å². The van der Waals surface area contributed by atoms with Crippen molar-refractivity contribution in [2.24, 2.45) is 11.7 Å². The maximum atomic E-state index is 12.2. The van der Waals surface area contributed by atoms with Crippen LogP contribution in [0.15, 0.2) is 54.6 Å². The molecule has 1 heterocycles. The van der Waals surface area contributed by atoms with E-state index in [1.807, 2.05) is 6.07 Å². The van der Waals surface area contributed by atoms with Gasteiger partial charge in [0.2, 0.25) is 17.7 Å². The van der Waals surface area contributed by atoms with E-state index >= 15 is 0 Å². The number of nitrogens with zero attached hydrogens (tertiary/aromatic N) is 2. The summed E-state index contributed by atoms with van der Waals surface area (Å²) in [7, 11) is 0. The third kappa shape index (κ3) is 8.74. The van der Waals surface area contributed by atoms with Crippen LogP contribution in [-0.4, -0.2) is 75.0 Å². The molecule has 0 aliphatic carbocycles. The van der Waals surface area contributed by atoms with Crippen LogP contribution in [-0.2, 0) is 25.7 Å². The first kappa shape index (κ1) is 28.5. The third-order valence-corrected chi connectivity index (χ3v) is 7.31. The van der Waals surface area contributed by atoms with Crippen LogP contribution in [0.2, 0.25) is 0 Å². The summed E-state index contributed by atoms with van der Waals surface area (Å²) in [6.07, 6.45) is 4.16. The van der Waals surface area contributed by atoms with Crippen LogP contribution in [0.5, 0.6) is 0 Å². The molecule has 1 fully saturated rings. The highest BCUT2D eigenvalue weighted by molar-refractivity contribution is 7.76. The van der Waals surface area contributed by atoms with Crippen molar-refractivity contribution in [1.82, 2.24) is 19.8 Å². The minimum atomic E-state index is -2.56. The number of nitrogens with one attached hydrogen (secondary N) is 2. The van der Waals surface area contributed by atoms with Crippen LogP contribution in [0, 0.1) is 5.92 Å². The highest BCUT2D eigenvalue weighted by atomic mass is 32.2. The Morgan fingerprint density at radius 2 is 1.84 bits per heavy atom. The van der Waals surface area contributed by atoms with E-state index in [0.717, 1.165) is 36.3 Å². The zero-order chi connectivity index (χ0) is 26.8. The standard InChI is InChI=1S/C26H35N5O5S/c1-19(22-9-4-7-21-6-2-3-8-23(21)22)30-14-11-20(12-15-30)17-31(37(35)36)18-26(34)29-16-25(33)28-13-5-10-24(27)32/h2-10,19-20H,11-18H2,1H3,(H2,27,32)(H,28,33)(H,29,34)(H,35,36)/p-1/b10-5+. The summed E-state index contributed by atoms with van der Waals surface area (Å²) in [5.74, 6) is -1.51. The lowest BCUT2D eigenvalue weighted by Gasteiger charge is -2.38. The number of hydrogen-bond donors (Lipinski definition) is 3. The van der Waals surface area contributed by atoms with Gasteiger partial charge in [-0.3, -0.25) is 23.5 Å². The van der Waals surface area contributed by atoms with Gasteiger partial charge >= 0.3 is 0 Å². The molecular formula is C26H34N5O5S-. The van der Waals surface area contributed by atoms with Gasteiger partial charge in [0.05, 0.1) is 13.1 Å². The van der Waals surface area contributed by atoms with E-state index in [2.05, 4.69) is 58.9 Å². The second kappa shape index (κ2) is 14.0. The largest absolute Gasteiger partial charge is 0.760 e. The first-order valence-corrected chi connectivity index (χ1v) is 13.3. The van der Waals surface area contributed by atoms with Crippen molar-refractivity contribution < 1.29 is 23.1 Å². The van der Waals surface area contributed by atoms with Gasteiger partial charge in [0.1, 0.15) is 0 Å². The van der Waals surface area contributed by atoms with Gasteiger partial charge in [0.15, 0.2) is 0 Å². The Bertz CT molecular complexity index is 1140. The van der Waals surface area contributed by atoms with Gasteiger partial charge in [-0.25, -0.2) is 4.31 Å². The molecule has 0 radical (unpaired) electrons. The van der Waals surface area contributed by atoms with Crippen LogP contribution in [0.1, 0.15) is 31.4 Å². The first-order chi connectivity index (χ1) is 17.7. The number of fused-ring (bicyclic) bond motifs is 1. The molecule has 200 valence electrons. The summed E-state index contributed by atoms with van der Waals surface area (Å²) in [5, 5.41) is 7.36. The molecule has 0 spiro atoms. The Hall–Kier alpha value is -3.12. The molecule has 0 bridgehead atoms. The predicted octanol–water partition coefficient (Wildman–Crippen LogP) is 0.983. The number of primary amides is 1. The summed E-state index contributed by atoms with van der Waals surface area (Å²) < 4.78 is 24.6. The van der Waals surface area contributed by atoms with E-state index < -0.39 is 29.0 Å². The summed E-state index contributed by atoms with van der Waals surface area (Å²) in [4.78, 5) is 37.0. The molecule has 3 rings (SSSR count). The number of hydrogen-bond acceptors (Lipinski definition) is 6. The monoisotopic (exact) mass is 528 g/mol. The molecule has 2 aromatic carbocycles. The molecule has 2 atom stereocenters. The molecule has 10 nitrogen and oxygen atoms in total. The van der Waals surface area contributed by atoms with Crippen molar-refractivity contribution in [3.05, 3.63) is 60.2 Å². The number of carbonyl (C=O) groups is 3. The molecule has 2 unspecified atom stereocenters. The zero-order valence-electron chi connectivity index (χ0n) is 20.9. The van der Waals surface area contributed by atoms with E-state index in [-0.39, 0.29) is 38.1 Å². The Balaban J connectivity index is 1.45. The molecule has 0 aromatic heterocycles. The maximum absolute atomic E-state index is 12.2. The molecule has 3 amide bonds. The Morgan fingerprint density at radius 3 is 2.54 bits per heavy atom. The second-order valence-electron chi connectivity index (χ2n) is 9.15. The number of piperidine rings is 1. The Kier molecular flexibility index (Phi) is 10.8. The molecule has 1 aliphatic heterocycles. The van der Waals surface area contributed by atoms with Gasteiger partial charge in [-0.2, -0.15) is 0 Å². The summed E-state index contributed by atoms with van der Waals surface area (Å²) in [6, 6.07) is 14.9. The van der Waals surface area contributed by atoms with Gasteiger partial charge in [-0.05, 0) is 55.1 Å². The van der Waals surface area contributed by atoms with Gasteiger partial charge in [0.25, 0.3) is 0 Å². The van der Waals surface area contributed by atoms with Crippen LogP contribution in [0.4, 0.5) is 0 Å². The van der Waals surface area contributed by atoms with Crippen molar-refractivity contribution >= 4 is 39.8 Å². The van der Waals surface area contributed by atoms with E-state index in [9.17, 15) is 23.1 Å². The lowest BCUT2D eigenvalue weighted by atomic mass is 9.93. The van der Waals surface area contributed by atoms with Crippen LogP contribution in [0.25, 0.3) is 10.8 Å². The number of carbonyl (C=O) groups excluding carboxylic acids is 3. The minimum Gasteiger partial charge on any atom is -0.760 e. The van der Waals surface area contributed by atoms with E-state index in [0.29, 0.717) is 0 Å². The SMILES string of the molecule is CC(c1cccc2ccccc12)N1CCC(CN(CC(=O)NCC(=O)NC/C=C/C(N)=O)S(=O)[O-])CC1. The average Bonchev–Trinajstić information content (AvgIpc) is 2.89. The fourth-order valence-corrected chi connectivity index (χ4v) is 5.16. The maximum Gasteiger partial charge on any atom is 0.241 e. The number of nitrogens with two attached hydrogens (primary N) is 1. The Labute approximate surface area is 219 Å². The smallest absolute Gasteiger partial charge is 0.241 e. The third-order valence-electron chi connectivity index (χ3n) is 6.61. The van der Waals surface area contributed by atoms with Crippen LogP contribution < -0.4 is 16.4 Å². The van der Waals surface area contributed by atoms with E-state index in [1.54, 1.807) is 0 Å². The normalized spacial score (nSPS) is 16.6. The summed E-state index contributed by atoms with van der Waals surface area (Å²) in [5.41, 5.74) is 6.24. The number of benzene rings is 2. The van der Waals surface area contributed by atoms with Crippen molar-refractivity contribution in [3.8, 4) is 0 Å². The minimum absolute atomic E-state index is 0.0894. The van der Waals surface area contributed by atoms with Crippen molar-refractivity contribution in [3.63, 3.8) is 0 Å². The van der Waals surface area contributed by atoms with Crippen molar-refractivity contribution in [2.45, 2.75) is 25.8 Å². The first-order valence-electron chi connectivity index (χ1n) is 12.3. The summed E-state index contributed by atoms with van der Waals surface area (Å²) >= 11 is -2.56. The molecule has 1 aliphatic rings. The number of likely N-dealkylation sites (tertiary alicyclic amines) is 1. The molecule has 2 aromatic rings. The molecular weight excluding hydrogens is 494 g/mol. The van der Waals surface area contributed by atoms with Gasteiger partial charge < -0.3 is 20.9 Å².